The maximum Gasteiger partial charge on any atom is 0.218 e. The molecule has 3 aromatic carbocycles. The number of rotatable bonds is 7. The molecule has 1 aromatic heterocycles. The van der Waals surface area contributed by atoms with Crippen molar-refractivity contribution < 1.29 is 9.53 Å². The van der Waals surface area contributed by atoms with Crippen molar-refractivity contribution in [2.75, 3.05) is 0 Å². The number of aromatic nitrogens is 1. The van der Waals surface area contributed by atoms with Crippen molar-refractivity contribution in [1.82, 2.24) is 4.57 Å². The van der Waals surface area contributed by atoms with Gasteiger partial charge in [-0.25, -0.2) is 0 Å². The lowest BCUT2D eigenvalue weighted by Crippen LogP contribution is -2.16. The fourth-order valence-electron chi connectivity index (χ4n) is 3.82. The molecule has 4 rings (SSSR count). The lowest BCUT2D eigenvalue weighted by atomic mass is 9.88. The standard InChI is InChI=1S/C25H24N2O2/c1-27-16-23(21-12-5-6-13-24(21)27)22(15-25(26)28)19-10-7-11-20(14-19)29-17-18-8-3-2-4-9-18/h2-14,16,22H,15,17H2,1H3,(H2,26,28)/t22-/m0/s1. The summed E-state index contributed by atoms with van der Waals surface area (Å²) in [5.74, 6) is 0.332. The Morgan fingerprint density at radius 3 is 2.55 bits per heavy atom. The summed E-state index contributed by atoms with van der Waals surface area (Å²) < 4.78 is 8.09. The number of ether oxygens (including phenoxy) is 1. The third kappa shape index (κ3) is 4.16. The number of carbonyl (C=O) groups is 1. The fourth-order valence-corrected chi connectivity index (χ4v) is 3.82. The van der Waals surface area contributed by atoms with Crippen molar-refractivity contribution in [3.63, 3.8) is 0 Å². The lowest BCUT2D eigenvalue weighted by Gasteiger charge is -2.17. The molecule has 0 aliphatic heterocycles. The zero-order valence-corrected chi connectivity index (χ0v) is 16.4. The van der Waals surface area contributed by atoms with Crippen LogP contribution in [0.3, 0.4) is 0 Å². The predicted molar refractivity (Wildman–Crippen MR) is 116 cm³/mol. The van der Waals surface area contributed by atoms with Crippen molar-refractivity contribution in [1.29, 1.82) is 0 Å². The second-order valence-corrected chi connectivity index (χ2v) is 7.28. The molecule has 1 heterocycles. The second kappa shape index (κ2) is 8.23. The SMILES string of the molecule is Cn1cc([C@@H](CC(N)=O)c2cccc(OCc3ccccc3)c2)c2ccccc21. The maximum atomic E-state index is 11.9. The van der Waals surface area contributed by atoms with E-state index >= 15 is 0 Å². The predicted octanol–water partition coefficient (Wildman–Crippen LogP) is 4.76. The minimum absolute atomic E-state index is 0.126. The molecule has 0 radical (unpaired) electrons. The minimum Gasteiger partial charge on any atom is -0.489 e. The molecule has 0 bridgehead atoms. The number of aryl methyl sites for hydroxylation is 1. The largest absolute Gasteiger partial charge is 0.489 e. The van der Waals surface area contributed by atoms with Gasteiger partial charge in [-0.1, -0.05) is 60.7 Å². The molecule has 0 unspecified atom stereocenters. The maximum absolute atomic E-state index is 11.9. The molecular formula is C25H24N2O2. The highest BCUT2D eigenvalue weighted by Gasteiger charge is 2.21. The number of nitrogens with two attached hydrogens (primary N) is 1. The number of carbonyl (C=O) groups excluding carboxylic acids is 1. The molecule has 0 aliphatic rings. The zero-order valence-electron chi connectivity index (χ0n) is 16.4. The van der Waals surface area contributed by atoms with Gasteiger partial charge in [0.25, 0.3) is 0 Å². The van der Waals surface area contributed by atoms with E-state index in [0.717, 1.165) is 33.3 Å². The fraction of sp³-hybridized carbons (Fsp3) is 0.160. The summed E-state index contributed by atoms with van der Waals surface area (Å²) in [4.78, 5) is 11.9. The first-order valence-electron chi connectivity index (χ1n) is 9.71. The van der Waals surface area contributed by atoms with E-state index in [4.69, 9.17) is 10.5 Å². The minimum atomic E-state index is -0.321. The second-order valence-electron chi connectivity index (χ2n) is 7.28. The molecule has 4 heteroatoms. The monoisotopic (exact) mass is 384 g/mol. The summed E-state index contributed by atoms with van der Waals surface area (Å²) in [6, 6.07) is 26.2. The average molecular weight is 384 g/mol. The smallest absolute Gasteiger partial charge is 0.218 e. The van der Waals surface area contributed by atoms with Gasteiger partial charge in [-0.3, -0.25) is 4.79 Å². The quantitative estimate of drug-likeness (QED) is 0.499. The summed E-state index contributed by atoms with van der Waals surface area (Å²) >= 11 is 0. The summed E-state index contributed by atoms with van der Waals surface area (Å²) in [5, 5.41) is 1.14. The molecule has 29 heavy (non-hydrogen) atoms. The van der Waals surface area contributed by atoms with Crippen LogP contribution in [0.1, 0.15) is 29.0 Å². The van der Waals surface area contributed by atoms with Crippen molar-refractivity contribution >= 4 is 16.8 Å². The molecule has 4 aromatic rings. The molecule has 0 saturated carbocycles. The van der Waals surface area contributed by atoms with Gasteiger partial charge in [-0.05, 0) is 34.9 Å². The first-order valence-corrected chi connectivity index (χ1v) is 9.71. The molecule has 0 saturated heterocycles. The highest BCUT2D eigenvalue weighted by molar-refractivity contribution is 5.86. The highest BCUT2D eigenvalue weighted by Crippen LogP contribution is 2.35. The van der Waals surface area contributed by atoms with Crippen LogP contribution in [0.5, 0.6) is 5.75 Å². The number of fused-ring (bicyclic) bond motifs is 1. The molecule has 2 N–H and O–H groups in total. The summed E-state index contributed by atoms with van der Waals surface area (Å²) in [6.45, 7) is 0.499. The van der Waals surface area contributed by atoms with Gasteiger partial charge < -0.3 is 15.0 Å². The highest BCUT2D eigenvalue weighted by atomic mass is 16.5. The number of para-hydroxylation sites is 1. The van der Waals surface area contributed by atoms with Gasteiger partial charge >= 0.3 is 0 Å². The Hall–Kier alpha value is -3.53. The number of nitrogens with zero attached hydrogens (tertiary/aromatic N) is 1. The van der Waals surface area contributed by atoms with Crippen LogP contribution in [0, 0.1) is 0 Å². The van der Waals surface area contributed by atoms with Crippen LogP contribution in [0.4, 0.5) is 0 Å². The Morgan fingerprint density at radius 1 is 1.00 bits per heavy atom. The summed E-state index contributed by atoms with van der Waals surface area (Å²) in [7, 11) is 2.02. The molecule has 1 amide bonds. The Labute approximate surface area is 170 Å². The third-order valence-electron chi connectivity index (χ3n) is 5.22. The van der Waals surface area contributed by atoms with Gasteiger partial charge in [-0.2, -0.15) is 0 Å². The number of hydrogen-bond donors (Lipinski definition) is 1. The van der Waals surface area contributed by atoms with Crippen molar-refractivity contribution in [3.8, 4) is 5.75 Å². The van der Waals surface area contributed by atoms with E-state index < -0.39 is 0 Å². The first-order chi connectivity index (χ1) is 14.1. The molecule has 0 spiro atoms. The van der Waals surface area contributed by atoms with Crippen molar-refractivity contribution in [2.24, 2.45) is 12.8 Å². The van der Waals surface area contributed by atoms with Crippen molar-refractivity contribution in [2.45, 2.75) is 18.9 Å². The number of benzene rings is 3. The number of primary amides is 1. The molecule has 4 nitrogen and oxygen atoms in total. The Bertz CT molecular complexity index is 1130. The van der Waals surface area contributed by atoms with E-state index in [9.17, 15) is 4.79 Å². The van der Waals surface area contributed by atoms with E-state index in [-0.39, 0.29) is 18.2 Å². The van der Waals surface area contributed by atoms with Crippen LogP contribution < -0.4 is 10.5 Å². The van der Waals surface area contributed by atoms with E-state index in [0.29, 0.717) is 6.61 Å². The van der Waals surface area contributed by atoms with Crippen LogP contribution >= 0.6 is 0 Å². The summed E-state index contributed by atoms with van der Waals surface area (Å²) in [5.41, 5.74) is 9.98. The lowest BCUT2D eigenvalue weighted by molar-refractivity contribution is -0.118. The van der Waals surface area contributed by atoms with Gasteiger partial charge in [-0.15, -0.1) is 0 Å². The number of hydrogen-bond acceptors (Lipinski definition) is 2. The van der Waals surface area contributed by atoms with E-state index in [1.54, 1.807) is 0 Å². The van der Waals surface area contributed by atoms with E-state index in [1.165, 1.54) is 0 Å². The van der Waals surface area contributed by atoms with Gasteiger partial charge in [0.2, 0.25) is 5.91 Å². The van der Waals surface area contributed by atoms with Crippen molar-refractivity contribution in [3.05, 3.63) is 102 Å². The van der Waals surface area contributed by atoms with Crippen LogP contribution in [-0.2, 0) is 18.4 Å². The average Bonchev–Trinajstić information content (AvgIpc) is 3.08. The van der Waals surface area contributed by atoms with Gasteiger partial charge in [0.15, 0.2) is 0 Å². The molecule has 0 aliphatic carbocycles. The number of amides is 1. The topological polar surface area (TPSA) is 57.2 Å². The normalized spacial score (nSPS) is 12.0. The summed E-state index contributed by atoms with van der Waals surface area (Å²) in [6.07, 6.45) is 2.34. The first kappa shape index (κ1) is 18.8. The Balaban J connectivity index is 1.67. The van der Waals surface area contributed by atoms with Gasteiger partial charge in [0.1, 0.15) is 12.4 Å². The Morgan fingerprint density at radius 2 is 1.76 bits per heavy atom. The van der Waals surface area contributed by atoms with E-state index in [2.05, 4.69) is 22.9 Å². The molecule has 1 atom stereocenters. The van der Waals surface area contributed by atoms with Crippen LogP contribution in [0.2, 0.25) is 0 Å². The Kier molecular flexibility index (Phi) is 5.34. The van der Waals surface area contributed by atoms with Crippen LogP contribution in [-0.4, -0.2) is 10.5 Å². The van der Waals surface area contributed by atoms with Crippen LogP contribution in [0.15, 0.2) is 85.1 Å². The molecule has 146 valence electrons. The molecule has 0 fully saturated rings. The zero-order chi connectivity index (χ0) is 20.2. The van der Waals surface area contributed by atoms with Crippen LogP contribution in [0.25, 0.3) is 10.9 Å². The van der Waals surface area contributed by atoms with Gasteiger partial charge in [0, 0.05) is 36.5 Å². The molecular weight excluding hydrogens is 360 g/mol. The van der Waals surface area contributed by atoms with Gasteiger partial charge in [0.05, 0.1) is 0 Å². The van der Waals surface area contributed by atoms with E-state index in [1.807, 2.05) is 73.8 Å². The third-order valence-corrected chi connectivity index (χ3v) is 5.22.